The first kappa shape index (κ1) is 14.0. The maximum Gasteiger partial charge on any atom is 0.238 e. The lowest BCUT2D eigenvalue weighted by Gasteiger charge is -2.31. The molecule has 3 unspecified atom stereocenters. The Morgan fingerprint density at radius 3 is 2.60 bits per heavy atom. The smallest absolute Gasteiger partial charge is 0.238 e. The van der Waals surface area contributed by atoms with Crippen molar-refractivity contribution in [1.82, 2.24) is 10.2 Å². The molecule has 110 valence electrons. The second-order valence-corrected chi connectivity index (χ2v) is 7.38. The van der Waals surface area contributed by atoms with Crippen molar-refractivity contribution < 1.29 is 8.42 Å². The number of hydrogen-bond donors (Lipinski definition) is 2. The van der Waals surface area contributed by atoms with Gasteiger partial charge in [-0.1, -0.05) is 12.1 Å². The van der Waals surface area contributed by atoms with E-state index in [1.54, 1.807) is 12.1 Å². The molecule has 0 amide bonds. The molecule has 1 aromatic rings. The van der Waals surface area contributed by atoms with Crippen LogP contribution in [0.2, 0.25) is 0 Å². The molecule has 3 atom stereocenters. The van der Waals surface area contributed by atoms with Crippen LogP contribution in [0.3, 0.4) is 0 Å². The van der Waals surface area contributed by atoms with Gasteiger partial charge in [-0.2, -0.15) is 0 Å². The van der Waals surface area contributed by atoms with Gasteiger partial charge in [-0.25, -0.2) is 13.6 Å². The van der Waals surface area contributed by atoms with Gasteiger partial charge in [0.15, 0.2) is 0 Å². The molecule has 20 heavy (non-hydrogen) atoms. The van der Waals surface area contributed by atoms with Crippen molar-refractivity contribution in [3.05, 3.63) is 29.8 Å². The van der Waals surface area contributed by atoms with Crippen molar-refractivity contribution in [3.8, 4) is 0 Å². The summed E-state index contributed by atoms with van der Waals surface area (Å²) in [4.78, 5) is 2.70. The van der Waals surface area contributed by atoms with E-state index in [0.29, 0.717) is 6.04 Å². The number of hydrogen-bond acceptors (Lipinski definition) is 4. The maximum atomic E-state index is 11.2. The van der Waals surface area contributed by atoms with Crippen LogP contribution in [0.15, 0.2) is 29.2 Å². The third-order valence-corrected chi connectivity index (χ3v) is 5.38. The number of primary sulfonamides is 1. The average Bonchev–Trinajstić information content (AvgIpc) is 2.80. The van der Waals surface area contributed by atoms with Gasteiger partial charge in [0.1, 0.15) is 0 Å². The molecular formula is C14H21N3O2S. The minimum atomic E-state index is -3.59. The Labute approximate surface area is 120 Å². The van der Waals surface area contributed by atoms with Crippen LogP contribution in [-0.4, -0.2) is 39.0 Å². The Morgan fingerprint density at radius 2 is 1.90 bits per heavy atom. The minimum Gasteiger partial charge on any atom is -0.310 e. The van der Waals surface area contributed by atoms with Gasteiger partial charge >= 0.3 is 0 Å². The van der Waals surface area contributed by atoms with Crippen LogP contribution < -0.4 is 10.5 Å². The average molecular weight is 295 g/mol. The lowest BCUT2D eigenvalue weighted by molar-refractivity contribution is 0.220. The molecule has 2 aliphatic rings. The molecule has 0 spiro atoms. The summed E-state index contributed by atoms with van der Waals surface area (Å²) < 4.78 is 22.4. The zero-order valence-corrected chi connectivity index (χ0v) is 12.3. The van der Waals surface area contributed by atoms with E-state index in [9.17, 15) is 8.42 Å². The first-order valence-electron chi connectivity index (χ1n) is 7.10. The summed E-state index contributed by atoms with van der Waals surface area (Å²) in [6.45, 7) is 4.44. The van der Waals surface area contributed by atoms with Gasteiger partial charge < -0.3 is 10.2 Å². The summed E-state index contributed by atoms with van der Waals surface area (Å²) >= 11 is 0. The third kappa shape index (κ3) is 3.03. The summed E-state index contributed by atoms with van der Waals surface area (Å²) in [6.07, 6.45) is 2.50. The number of nitrogens with one attached hydrogen (secondary N) is 1. The molecule has 2 aliphatic heterocycles. The van der Waals surface area contributed by atoms with Crippen molar-refractivity contribution in [1.29, 1.82) is 0 Å². The fraction of sp³-hybridized carbons (Fsp3) is 0.571. The minimum absolute atomic E-state index is 0.172. The van der Waals surface area contributed by atoms with Crippen LogP contribution in [0.1, 0.15) is 18.4 Å². The van der Waals surface area contributed by atoms with Crippen LogP contribution in [-0.2, 0) is 16.6 Å². The molecule has 3 rings (SSSR count). The zero-order chi connectivity index (χ0) is 14.2. The highest BCUT2D eigenvalue weighted by atomic mass is 32.2. The van der Waals surface area contributed by atoms with E-state index in [1.807, 2.05) is 12.1 Å². The lowest BCUT2D eigenvalue weighted by atomic mass is 9.94. The van der Waals surface area contributed by atoms with Gasteiger partial charge in [0, 0.05) is 19.1 Å². The second kappa shape index (κ2) is 5.44. The van der Waals surface area contributed by atoms with Crippen molar-refractivity contribution >= 4 is 10.0 Å². The molecule has 2 fully saturated rings. The second-order valence-electron chi connectivity index (χ2n) is 5.81. The van der Waals surface area contributed by atoms with E-state index >= 15 is 0 Å². The fourth-order valence-corrected chi connectivity index (χ4v) is 3.78. The van der Waals surface area contributed by atoms with Crippen molar-refractivity contribution in [2.24, 2.45) is 11.1 Å². The van der Waals surface area contributed by atoms with E-state index in [-0.39, 0.29) is 4.90 Å². The quantitative estimate of drug-likeness (QED) is 0.849. The molecule has 6 heteroatoms. The molecule has 2 saturated heterocycles. The SMILES string of the molecule is NS(=O)(=O)c1ccc(CNC2CCN3CCC2C3)cc1. The number of fused-ring (bicyclic) bond motifs is 2. The van der Waals surface area contributed by atoms with E-state index in [2.05, 4.69) is 10.2 Å². The van der Waals surface area contributed by atoms with Gasteiger partial charge in [-0.3, -0.25) is 0 Å². The van der Waals surface area contributed by atoms with Crippen molar-refractivity contribution in [3.63, 3.8) is 0 Å². The summed E-state index contributed by atoms with van der Waals surface area (Å²) in [7, 11) is -3.59. The van der Waals surface area contributed by atoms with Gasteiger partial charge in [0.25, 0.3) is 0 Å². The Hall–Kier alpha value is -0.950. The highest BCUT2D eigenvalue weighted by Gasteiger charge is 2.33. The monoisotopic (exact) mass is 295 g/mol. The molecule has 5 nitrogen and oxygen atoms in total. The van der Waals surface area contributed by atoms with Gasteiger partial charge in [-0.15, -0.1) is 0 Å². The molecule has 3 N–H and O–H groups in total. The third-order valence-electron chi connectivity index (χ3n) is 4.45. The summed E-state index contributed by atoms with van der Waals surface area (Å²) in [5.74, 6) is 0.771. The van der Waals surface area contributed by atoms with Gasteiger partial charge in [-0.05, 0) is 49.5 Å². The van der Waals surface area contributed by atoms with Crippen LogP contribution >= 0.6 is 0 Å². The predicted octanol–water partition coefficient (Wildman–Crippen LogP) is 0.518. The van der Waals surface area contributed by atoms with Crippen molar-refractivity contribution in [2.75, 3.05) is 19.6 Å². The van der Waals surface area contributed by atoms with Gasteiger partial charge in [0.2, 0.25) is 10.0 Å². The highest BCUT2D eigenvalue weighted by Crippen LogP contribution is 2.27. The van der Waals surface area contributed by atoms with E-state index < -0.39 is 10.0 Å². The Balaban J connectivity index is 1.58. The van der Waals surface area contributed by atoms with Crippen LogP contribution in [0.25, 0.3) is 0 Å². The van der Waals surface area contributed by atoms with Crippen LogP contribution in [0.4, 0.5) is 0 Å². The molecule has 0 aliphatic carbocycles. The number of sulfonamides is 1. The summed E-state index contributed by atoms with van der Waals surface area (Å²) in [5, 5.41) is 8.71. The van der Waals surface area contributed by atoms with Crippen molar-refractivity contribution in [2.45, 2.75) is 30.3 Å². The lowest BCUT2D eigenvalue weighted by Crippen LogP contribution is -2.43. The zero-order valence-electron chi connectivity index (χ0n) is 11.5. The molecule has 0 saturated carbocycles. The first-order chi connectivity index (χ1) is 9.52. The number of nitrogens with zero attached hydrogens (tertiary/aromatic N) is 1. The number of rotatable bonds is 4. The standard InChI is InChI=1S/C14H21N3O2S/c15-20(18,19)13-3-1-11(2-4-13)9-16-14-6-8-17-7-5-12(14)10-17/h1-4,12,14,16H,5-10H2,(H2,15,18,19). The fourth-order valence-electron chi connectivity index (χ4n) is 3.27. The molecular weight excluding hydrogens is 274 g/mol. The first-order valence-corrected chi connectivity index (χ1v) is 8.64. The molecule has 1 aromatic carbocycles. The Bertz CT molecular complexity index is 571. The Kier molecular flexibility index (Phi) is 3.81. The molecule has 2 bridgehead atoms. The largest absolute Gasteiger partial charge is 0.310 e. The highest BCUT2D eigenvalue weighted by molar-refractivity contribution is 7.89. The molecule has 2 heterocycles. The maximum absolute atomic E-state index is 11.2. The predicted molar refractivity (Wildman–Crippen MR) is 77.6 cm³/mol. The Morgan fingerprint density at radius 1 is 1.20 bits per heavy atom. The summed E-state index contributed by atoms with van der Waals surface area (Å²) in [6, 6.07) is 7.40. The van der Waals surface area contributed by atoms with Gasteiger partial charge in [0.05, 0.1) is 4.90 Å². The van der Waals surface area contributed by atoms with E-state index in [0.717, 1.165) is 18.0 Å². The van der Waals surface area contributed by atoms with E-state index in [1.165, 1.54) is 32.5 Å². The van der Waals surface area contributed by atoms with Crippen LogP contribution in [0.5, 0.6) is 0 Å². The normalized spacial score (nSPS) is 29.6. The number of piperidine rings is 1. The topological polar surface area (TPSA) is 75.4 Å². The summed E-state index contributed by atoms with van der Waals surface area (Å²) in [5.41, 5.74) is 1.10. The van der Waals surface area contributed by atoms with Crippen LogP contribution in [0, 0.1) is 5.92 Å². The van der Waals surface area contributed by atoms with E-state index in [4.69, 9.17) is 5.14 Å². The molecule has 0 aromatic heterocycles. The molecule has 0 radical (unpaired) electrons. The number of benzene rings is 1. The number of nitrogens with two attached hydrogens (primary N) is 1.